The molecule has 0 aliphatic heterocycles. The summed E-state index contributed by atoms with van der Waals surface area (Å²) in [6.07, 6.45) is -2.46. The van der Waals surface area contributed by atoms with E-state index in [-0.39, 0.29) is 10.8 Å². The second-order valence-electron chi connectivity index (χ2n) is 7.02. The molecule has 0 radical (unpaired) electrons. The first-order chi connectivity index (χ1) is 7.89. The molecule has 18 heavy (non-hydrogen) atoms. The van der Waals surface area contributed by atoms with Gasteiger partial charge in [-0.05, 0) is 30.1 Å². The van der Waals surface area contributed by atoms with Gasteiger partial charge in [-0.25, -0.2) is 0 Å². The van der Waals surface area contributed by atoms with Crippen LogP contribution in [-0.4, -0.2) is 18.3 Å². The highest BCUT2D eigenvalue weighted by Crippen LogP contribution is 2.49. The third-order valence-electron chi connectivity index (χ3n) is 3.36. The molecule has 1 aliphatic carbocycles. The van der Waals surface area contributed by atoms with E-state index < -0.39 is 18.3 Å². The fourth-order valence-corrected chi connectivity index (χ4v) is 3.63. The van der Waals surface area contributed by atoms with Crippen LogP contribution in [0.3, 0.4) is 0 Å². The van der Waals surface area contributed by atoms with Gasteiger partial charge in [0.15, 0.2) is 0 Å². The Hall–Kier alpha value is -0.760. The van der Waals surface area contributed by atoms with Crippen LogP contribution < -0.4 is 5.32 Å². The van der Waals surface area contributed by atoms with Crippen molar-refractivity contribution in [1.82, 2.24) is 5.32 Å². The minimum absolute atomic E-state index is 0.129. The summed E-state index contributed by atoms with van der Waals surface area (Å²) in [5.41, 5.74) is -1.33. The molecule has 0 unspecified atom stereocenters. The third-order valence-corrected chi connectivity index (χ3v) is 3.36. The maximum Gasteiger partial charge on any atom is 0.401 e. The highest BCUT2D eigenvalue weighted by molar-refractivity contribution is 5.14. The zero-order valence-electron chi connectivity index (χ0n) is 11.4. The van der Waals surface area contributed by atoms with Crippen molar-refractivity contribution in [2.75, 3.05) is 6.54 Å². The number of halogens is 3. The lowest BCUT2D eigenvalue weighted by Crippen LogP contribution is -2.56. The Kier molecular flexibility index (Phi) is 3.75. The summed E-state index contributed by atoms with van der Waals surface area (Å²) in [6, 6.07) is 2.09. The van der Waals surface area contributed by atoms with Crippen LogP contribution in [0.5, 0.6) is 0 Å². The summed E-state index contributed by atoms with van der Waals surface area (Å²) in [7, 11) is 0. The van der Waals surface area contributed by atoms with Crippen LogP contribution in [0.15, 0.2) is 0 Å². The van der Waals surface area contributed by atoms with E-state index in [1.54, 1.807) is 0 Å². The Balaban J connectivity index is 2.90. The maximum atomic E-state index is 12.3. The zero-order valence-corrected chi connectivity index (χ0v) is 11.4. The molecule has 1 saturated carbocycles. The number of rotatable bonds is 2. The molecule has 0 aromatic heterocycles. The molecule has 1 rings (SSSR count). The minimum Gasteiger partial charge on any atom is -0.291 e. The zero-order chi connectivity index (χ0) is 14.2. The first kappa shape index (κ1) is 15.3. The fraction of sp³-hybridized carbons (Fsp3) is 0.923. The lowest BCUT2D eigenvalue weighted by molar-refractivity contribution is -0.130. The van der Waals surface area contributed by atoms with Crippen LogP contribution in [0.1, 0.15) is 47.0 Å². The predicted molar refractivity (Wildman–Crippen MR) is 63.8 cm³/mol. The van der Waals surface area contributed by atoms with Crippen LogP contribution in [0, 0.1) is 22.2 Å². The van der Waals surface area contributed by atoms with Crippen LogP contribution in [0.4, 0.5) is 13.2 Å². The Morgan fingerprint density at radius 2 is 1.50 bits per heavy atom. The normalized spacial score (nSPS) is 25.4. The lowest BCUT2D eigenvalue weighted by atomic mass is 9.59. The molecule has 5 heteroatoms. The molecular formula is C13H21F3N2. The van der Waals surface area contributed by atoms with Crippen molar-refractivity contribution >= 4 is 0 Å². The molecular weight excluding hydrogens is 241 g/mol. The Morgan fingerprint density at radius 3 is 1.83 bits per heavy atom. The number of nitriles is 1. The van der Waals surface area contributed by atoms with Crippen molar-refractivity contribution < 1.29 is 13.2 Å². The number of nitrogens with one attached hydrogen (secondary N) is 1. The molecule has 0 amide bonds. The molecule has 0 aromatic rings. The van der Waals surface area contributed by atoms with Crippen molar-refractivity contribution in [3.05, 3.63) is 0 Å². The number of hydrogen-bond donors (Lipinski definition) is 1. The Labute approximate surface area is 107 Å². The van der Waals surface area contributed by atoms with Gasteiger partial charge in [0, 0.05) is 0 Å². The average Bonchev–Trinajstić information content (AvgIpc) is 2.09. The summed E-state index contributed by atoms with van der Waals surface area (Å²) in [4.78, 5) is 0. The van der Waals surface area contributed by atoms with Gasteiger partial charge in [0.1, 0.15) is 5.54 Å². The van der Waals surface area contributed by atoms with E-state index in [0.717, 1.165) is 6.42 Å². The first-order valence-electron chi connectivity index (χ1n) is 6.12. The van der Waals surface area contributed by atoms with E-state index in [1.807, 2.05) is 27.7 Å². The molecule has 0 bridgehead atoms. The molecule has 0 aromatic carbocycles. The van der Waals surface area contributed by atoms with E-state index >= 15 is 0 Å². The van der Waals surface area contributed by atoms with Crippen molar-refractivity contribution in [1.29, 1.82) is 5.26 Å². The summed E-state index contributed by atoms with van der Waals surface area (Å²) in [5, 5.41) is 11.8. The summed E-state index contributed by atoms with van der Waals surface area (Å²) in [5.74, 6) is 0. The lowest BCUT2D eigenvalue weighted by Gasteiger charge is -2.49. The van der Waals surface area contributed by atoms with Gasteiger partial charge >= 0.3 is 6.18 Å². The second kappa shape index (κ2) is 4.41. The predicted octanol–water partition coefficient (Wildman–Crippen LogP) is 3.64. The molecule has 0 heterocycles. The van der Waals surface area contributed by atoms with Gasteiger partial charge in [0.05, 0.1) is 12.6 Å². The van der Waals surface area contributed by atoms with Crippen LogP contribution in [-0.2, 0) is 0 Å². The Morgan fingerprint density at radius 1 is 1.06 bits per heavy atom. The van der Waals surface area contributed by atoms with Crippen molar-refractivity contribution in [2.24, 2.45) is 10.8 Å². The molecule has 0 saturated heterocycles. The molecule has 104 valence electrons. The van der Waals surface area contributed by atoms with Crippen LogP contribution >= 0.6 is 0 Å². The quantitative estimate of drug-likeness (QED) is 0.824. The van der Waals surface area contributed by atoms with Gasteiger partial charge in [-0.1, -0.05) is 27.7 Å². The van der Waals surface area contributed by atoms with E-state index in [9.17, 15) is 18.4 Å². The molecule has 1 N–H and O–H groups in total. The van der Waals surface area contributed by atoms with Crippen molar-refractivity contribution in [2.45, 2.75) is 58.7 Å². The van der Waals surface area contributed by atoms with Gasteiger partial charge < -0.3 is 0 Å². The number of hydrogen-bond acceptors (Lipinski definition) is 2. The van der Waals surface area contributed by atoms with E-state index in [2.05, 4.69) is 11.4 Å². The van der Waals surface area contributed by atoms with E-state index in [1.165, 1.54) is 0 Å². The fourth-order valence-electron chi connectivity index (χ4n) is 3.63. The summed E-state index contributed by atoms with van der Waals surface area (Å²) < 4.78 is 37.0. The van der Waals surface area contributed by atoms with Gasteiger partial charge in [0.2, 0.25) is 0 Å². The number of nitrogens with zero attached hydrogens (tertiary/aromatic N) is 1. The van der Waals surface area contributed by atoms with Crippen molar-refractivity contribution in [3.8, 4) is 6.07 Å². The van der Waals surface area contributed by atoms with Crippen molar-refractivity contribution in [3.63, 3.8) is 0 Å². The van der Waals surface area contributed by atoms with Crippen LogP contribution in [0.25, 0.3) is 0 Å². The minimum atomic E-state index is -4.28. The molecule has 1 aliphatic rings. The first-order valence-corrected chi connectivity index (χ1v) is 6.12. The van der Waals surface area contributed by atoms with E-state index in [4.69, 9.17) is 0 Å². The third kappa shape index (κ3) is 4.16. The molecule has 1 fully saturated rings. The van der Waals surface area contributed by atoms with Crippen LogP contribution in [0.2, 0.25) is 0 Å². The largest absolute Gasteiger partial charge is 0.401 e. The highest BCUT2D eigenvalue weighted by atomic mass is 19.4. The molecule has 0 atom stereocenters. The van der Waals surface area contributed by atoms with Gasteiger partial charge in [-0.15, -0.1) is 0 Å². The highest BCUT2D eigenvalue weighted by Gasteiger charge is 2.48. The second-order valence-corrected chi connectivity index (χ2v) is 7.02. The van der Waals surface area contributed by atoms with Gasteiger partial charge in [-0.3, -0.25) is 5.32 Å². The standard InChI is InChI=1S/C13H21F3N2/c1-10(2)5-11(3,4)7-12(6-10,8-17)18-9-13(14,15)16/h18H,5-7,9H2,1-4H3. The van der Waals surface area contributed by atoms with Gasteiger partial charge in [-0.2, -0.15) is 18.4 Å². The maximum absolute atomic E-state index is 12.3. The average molecular weight is 262 g/mol. The topological polar surface area (TPSA) is 35.8 Å². The van der Waals surface area contributed by atoms with Gasteiger partial charge in [0.25, 0.3) is 0 Å². The number of alkyl halides is 3. The SMILES string of the molecule is CC1(C)CC(C)(C)CC(C#N)(NCC(F)(F)F)C1. The smallest absolute Gasteiger partial charge is 0.291 e. The summed E-state index contributed by atoms with van der Waals surface area (Å²) >= 11 is 0. The molecule has 0 spiro atoms. The molecule has 2 nitrogen and oxygen atoms in total. The van der Waals surface area contributed by atoms with E-state index in [0.29, 0.717) is 12.8 Å². The Bertz CT molecular complexity index is 334. The summed E-state index contributed by atoms with van der Waals surface area (Å²) in [6.45, 7) is 6.93. The monoisotopic (exact) mass is 262 g/mol.